The molecule has 0 fully saturated rings. The van der Waals surface area contributed by atoms with E-state index in [2.05, 4.69) is 45.9 Å². The zero-order valence-corrected chi connectivity index (χ0v) is 25.8. The second kappa shape index (κ2) is 11.1. The third-order valence-corrected chi connectivity index (χ3v) is 9.68. The zero-order valence-electron chi connectivity index (χ0n) is 25.8. The Morgan fingerprint density at radius 1 is 0.896 bits per heavy atom. The molecule has 5 aromatic rings. The van der Waals surface area contributed by atoms with E-state index in [-0.39, 0.29) is 29.5 Å². The fraction of sp³-hybridized carbons (Fsp3) is 0.150. The Hall–Kier alpha value is -5.94. The summed E-state index contributed by atoms with van der Waals surface area (Å²) in [6, 6.07) is 21.5. The van der Waals surface area contributed by atoms with Crippen LogP contribution >= 0.6 is 0 Å². The van der Waals surface area contributed by atoms with Crippen LogP contribution in [0.1, 0.15) is 59.8 Å². The molecule has 3 heterocycles. The molecule has 3 atom stereocenters. The van der Waals surface area contributed by atoms with E-state index >= 15 is 4.39 Å². The van der Waals surface area contributed by atoms with Crippen molar-refractivity contribution in [2.75, 3.05) is 4.90 Å². The summed E-state index contributed by atoms with van der Waals surface area (Å²) in [5.41, 5.74) is 6.96. The highest BCUT2D eigenvalue weighted by Gasteiger charge is 2.46. The molecule has 6 nitrogen and oxygen atoms in total. The van der Waals surface area contributed by atoms with Crippen LogP contribution in [0.3, 0.4) is 0 Å². The minimum Gasteiger partial charge on any atom is -0.315 e. The standard InChI is InChI=1S/C40H28F2N6/c41-27-14-18-34-32(21-27)30-16-17-31-33-22-28(42)15-19-35(33)48(37(31)36(30)47(34)29-12-5-2-6-13-29)40-45-38(25-9-3-1-4-10-25)44-39(46-40)26-11-7-8-24(20-26)23-43/h1-5,7-10,12,14-22,26,31,37H,6,11,13H2. The van der Waals surface area contributed by atoms with Gasteiger partial charge >= 0.3 is 0 Å². The van der Waals surface area contributed by atoms with Gasteiger partial charge in [0.2, 0.25) is 5.95 Å². The van der Waals surface area contributed by atoms with Gasteiger partial charge < -0.3 is 9.47 Å². The van der Waals surface area contributed by atoms with Gasteiger partial charge in [-0.15, -0.1) is 0 Å². The van der Waals surface area contributed by atoms with Crippen molar-refractivity contribution in [1.82, 2.24) is 19.5 Å². The van der Waals surface area contributed by atoms with Crippen molar-refractivity contribution < 1.29 is 8.78 Å². The number of allylic oxidation sites excluding steroid dienone is 8. The largest absolute Gasteiger partial charge is 0.315 e. The van der Waals surface area contributed by atoms with Crippen molar-refractivity contribution in [2.24, 2.45) is 0 Å². The number of fused-ring (bicyclic) bond motifs is 7. The number of anilines is 2. The summed E-state index contributed by atoms with van der Waals surface area (Å²) in [6.07, 6.45) is 18.6. The monoisotopic (exact) mass is 630 g/mol. The molecule has 0 spiro atoms. The molecule has 8 heteroatoms. The molecule has 0 radical (unpaired) electrons. The number of hydrogen-bond donors (Lipinski definition) is 0. The molecule has 3 unspecified atom stereocenters. The number of benzene rings is 3. The van der Waals surface area contributed by atoms with Crippen LogP contribution in [0, 0.1) is 23.0 Å². The average Bonchev–Trinajstić information content (AvgIpc) is 3.64. The van der Waals surface area contributed by atoms with Crippen molar-refractivity contribution in [1.29, 1.82) is 5.26 Å². The molecule has 0 amide bonds. The first-order chi connectivity index (χ1) is 23.6. The van der Waals surface area contributed by atoms with E-state index in [0.717, 1.165) is 57.5 Å². The molecule has 48 heavy (non-hydrogen) atoms. The highest BCUT2D eigenvalue weighted by atomic mass is 19.1. The van der Waals surface area contributed by atoms with E-state index in [4.69, 9.17) is 15.0 Å². The van der Waals surface area contributed by atoms with Crippen LogP contribution in [0.5, 0.6) is 0 Å². The fourth-order valence-electron chi connectivity index (χ4n) is 7.59. The molecule has 9 rings (SSSR count). The molecule has 0 saturated carbocycles. The number of nitrogens with zero attached hydrogens (tertiary/aromatic N) is 6. The van der Waals surface area contributed by atoms with Crippen molar-refractivity contribution in [2.45, 2.75) is 37.1 Å². The van der Waals surface area contributed by atoms with Gasteiger partial charge in [-0.1, -0.05) is 66.8 Å². The van der Waals surface area contributed by atoms with Crippen molar-refractivity contribution in [3.8, 4) is 17.5 Å². The van der Waals surface area contributed by atoms with E-state index in [1.165, 1.54) is 12.1 Å². The maximum absolute atomic E-state index is 15.0. The summed E-state index contributed by atoms with van der Waals surface area (Å²) in [4.78, 5) is 17.3. The van der Waals surface area contributed by atoms with Crippen LogP contribution < -0.4 is 4.90 Å². The average molecular weight is 631 g/mol. The van der Waals surface area contributed by atoms with Gasteiger partial charge in [-0.05, 0) is 73.4 Å². The van der Waals surface area contributed by atoms with Gasteiger partial charge in [-0.3, -0.25) is 0 Å². The van der Waals surface area contributed by atoms with E-state index in [9.17, 15) is 9.65 Å². The van der Waals surface area contributed by atoms with Gasteiger partial charge in [0.15, 0.2) is 5.82 Å². The second-order valence-electron chi connectivity index (χ2n) is 12.5. The SMILES string of the molecule is N#CC1=CC(c2nc(-c3ccccc3)nc(N3c4ccc(F)cc4C4C=Cc5c(n(C6=CC=CCC6)c6ccc(F)cc56)C43)n2)CC=C1. The first kappa shape index (κ1) is 28.3. The molecule has 0 saturated heterocycles. The third-order valence-electron chi connectivity index (χ3n) is 9.68. The molecular weight excluding hydrogens is 602 g/mol. The number of nitriles is 1. The van der Waals surface area contributed by atoms with Gasteiger partial charge in [-0.2, -0.15) is 15.2 Å². The van der Waals surface area contributed by atoms with Crippen LogP contribution in [-0.4, -0.2) is 19.5 Å². The van der Waals surface area contributed by atoms with Gasteiger partial charge in [0.05, 0.1) is 23.3 Å². The predicted molar refractivity (Wildman–Crippen MR) is 183 cm³/mol. The van der Waals surface area contributed by atoms with Gasteiger partial charge in [0, 0.05) is 45.3 Å². The van der Waals surface area contributed by atoms with Crippen molar-refractivity contribution in [3.05, 3.63) is 149 Å². The lowest BCUT2D eigenvalue weighted by atomic mass is 9.86. The minimum atomic E-state index is -0.362. The van der Waals surface area contributed by atoms with Crippen LogP contribution in [0.4, 0.5) is 20.4 Å². The number of hydrogen-bond acceptors (Lipinski definition) is 5. The first-order valence-corrected chi connectivity index (χ1v) is 16.1. The highest BCUT2D eigenvalue weighted by molar-refractivity contribution is 5.96. The number of aromatic nitrogens is 4. The summed E-state index contributed by atoms with van der Waals surface area (Å²) in [6.45, 7) is 0. The van der Waals surface area contributed by atoms with E-state index in [0.29, 0.717) is 29.6 Å². The van der Waals surface area contributed by atoms with Gasteiger partial charge in [0.25, 0.3) is 0 Å². The topological polar surface area (TPSA) is 70.6 Å². The van der Waals surface area contributed by atoms with Crippen molar-refractivity contribution in [3.63, 3.8) is 0 Å². The Kier molecular flexibility index (Phi) is 6.54. The van der Waals surface area contributed by atoms with E-state index in [1.807, 2.05) is 54.6 Å². The Balaban J connectivity index is 1.32. The molecule has 3 aromatic carbocycles. The van der Waals surface area contributed by atoms with E-state index < -0.39 is 0 Å². The summed E-state index contributed by atoms with van der Waals surface area (Å²) in [5.74, 6) is 0.429. The quantitative estimate of drug-likeness (QED) is 0.198. The molecule has 3 aliphatic carbocycles. The molecule has 1 aliphatic heterocycles. The molecule has 0 bridgehead atoms. The number of rotatable bonds is 4. The highest BCUT2D eigenvalue weighted by Crippen LogP contribution is 2.57. The Labute approximate surface area is 276 Å². The molecule has 2 aromatic heterocycles. The first-order valence-electron chi connectivity index (χ1n) is 16.1. The molecular formula is C40H28F2N6. The van der Waals surface area contributed by atoms with E-state index in [1.54, 1.807) is 18.2 Å². The second-order valence-corrected chi connectivity index (χ2v) is 12.5. The molecule has 0 N–H and O–H groups in total. The lowest BCUT2D eigenvalue weighted by Gasteiger charge is -2.33. The summed E-state index contributed by atoms with van der Waals surface area (Å²) in [5, 5.41) is 10.5. The third kappa shape index (κ3) is 4.46. The van der Waals surface area contributed by atoms with Gasteiger partial charge in [0.1, 0.15) is 17.5 Å². The summed E-state index contributed by atoms with van der Waals surface area (Å²) >= 11 is 0. The zero-order chi connectivity index (χ0) is 32.4. The Bertz CT molecular complexity index is 2340. The molecule has 232 valence electrons. The lowest BCUT2D eigenvalue weighted by Crippen LogP contribution is -2.28. The number of halogens is 2. The Morgan fingerprint density at radius 3 is 2.58 bits per heavy atom. The lowest BCUT2D eigenvalue weighted by molar-refractivity contribution is 0.611. The maximum Gasteiger partial charge on any atom is 0.234 e. The van der Waals surface area contributed by atoms with Crippen molar-refractivity contribution >= 4 is 34.3 Å². The Morgan fingerprint density at radius 2 is 1.75 bits per heavy atom. The van der Waals surface area contributed by atoms with Gasteiger partial charge in [-0.25, -0.2) is 13.8 Å². The van der Waals surface area contributed by atoms with Crippen LogP contribution in [0.25, 0.3) is 34.1 Å². The van der Waals surface area contributed by atoms with Crippen LogP contribution in [0.2, 0.25) is 0 Å². The van der Waals surface area contributed by atoms with Crippen LogP contribution in [-0.2, 0) is 0 Å². The molecule has 4 aliphatic rings. The minimum absolute atomic E-state index is 0.223. The fourth-order valence-corrected chi connectivity index (χ4v) is 7.59. The predicted octanol–water partition coefficient (Wildman–Crippen LogP) is 9.46. The van der Waals surface area contributed by atoms with Crippen LogP contribution in [0.15, 0.2) is 115 Å². The smallest absolute Gasteiger partial charge is 0.234 e. The maximum atomic E-state index is 15.0. The normalized spacial score (nSPS) is 20.6. The summed E-state index contributed by atoms with van der Waals surface area (Å²) < 4.78 is 32.1. The summed E-state index contributed by atoms with van der Waals surface area (Å²) in [7, 11) is 0.